The lowest BCUT2D eigenvalue weighted by Gasteiger charge is -2.22. The molecule has 24 heavy (non-hydrogen) atoms. The number of likely N-dealkylation sites (tertiary alicyclic amines) is 1. The molecule has 1 fully saturated rings. The molecule has 1 aliphatic rings. The summed E-state index contributed by atoms with van der Waals surface area (Å²) in [7, 11) is 0. The average Bonchev–Trinajstić information content (AvgIpc) is 2.84. The van der Waals surface area contributed by atoms with E-state index in [4.69, 9.17) is 4.74 Å². The fourth-order valence-corrected chi connectivity index (χ4v) is 2.75. The maximum Gasteiger partial charge on any atom is 0.191 e. The standard InChI is InChI=1S/C18H38N4O.HI/c1-7-19-18(20-9-11-23-10-8-14(2)3)21-17-13-22(15(4)5)12-16(17)6;/h14-17H,7-13H2,1-6H3,(H2,19,20,21);1H. The molecule has 144 valence electrons. The highest BCUT2D eigenvalue weighted by atomic mass is 127. The number of hydrogen-bond acceptors (Lipinski definition) is 3. The molecule has 0 aromatic rings. The first-order valence-corrected chi connectivity index (χ1v) is 9.30. The Hall–Kier alpha value is -0.0800. The van der Waals surface area contributed by atoms with Crippen molar-refractivity contribution in [3.63, 3.8) is 0 Å². The van der Waals surface area contributed by atoms with Crippen molar-refractivity contribution in [1.29, 1.82) is 0 Å². The van der Waals surface area contributed by atoms with E-state index in [9.17, 15) is 0 Å². The lowest BCUT2D eigenvalue weighted by molar-refractivity contribution is 0.130. The highest BCUT2D eigenvalue weighted by molar-refractivity contribution is 14.0. The molecule has 0 aliphatic carbocycles. The van der Waals surface area contributed by atoms with Crippen LogP contribution in [0.5, 0.6) is 0 Å². The van der Waals surface area contributed by atoms with Crippen LogP contribution < -0.4 is 10.6 Å². The molecule has 1 heterocycles. The zero-order valence-corrected chi connectivity index (χ0v) is 18.8. The molecule has 0 saturated carbocycles. The average molecular weight is 454 g/mol. The van der Waals surface area contributed by atoms with E-state index in [1.54, 1.807) is 0 Å². The van der Waals surface area contributed by atoms with Crippen LogP contribution in [0.25, 0.3) is 0 Å². The fraction of sp³-hybridized carbons (Fsp3) is 0.944. The number of halogens is 1. The molecule has 2 N–H and O–H groups in total. The largest absolute Gasteiger partial charge is 0.380 e. The van der Waals surface area contributed by atoms with Crippen LogP contribution >= 0.6 is 24.0 Å². The molecule has 1 rings (SSSR count). The predicted molar refractivity (Wildman–Crippen MR) is 114 cm³/mol. The first kappa shape index (κ1) is 23.9. The Morgan fingerprint density at radius 2 is 1.92 bits per heavy atom. The van der Waals surface area contributed by atoms with Gasteiger partial charge in [-0.05, 0) is 39.0 Å². The van der Waals surface area contributed by atoms with Gasteiger partial charge in [0.2, 0.25) is 0 Å². The third-order valence-corrected chi connectivity index (χ3v) is 4.38. The highest BCUT2D eigenvalue weighted by Gasteiger charge is 2.31. The van der Waals surface area contributed by atoms with Crippen molar-refractivity contribution in [2.75, 3.05) is 39.4 Å². The summed E-state index contributed by atoms with van der Waals surface area (Å²) in [4.78, 5) is 7.18. The van der Waals surface area contributed by atoms with Gasteiger partial charge < -0.3 is 15.4 Å². The minimum absolute atomic E-state index is 0. The van der Waals surface area contributed by atoms with Gasteiger partial charge in [-0.3, -0.25) is 9.89 Å². The van der Waals surface area contributed by atoms with Gasteiger partial charge in [0.15, 0.2) is 5.96 Å². The van der Waals surface area contributed by atoms with Crippen LogP contribution in [0.3, 0.4) is 0 Å². The van der Waals surface area contributed by atoms with E-state index in [0.717, 1.165) is 38.6 Å². The van der Waals surface area contributed by atoms with Gasteiger partial charge in [-0.2, -0.15) is 0 Å². The SMILES string of the molecule is CCNC(=NCCOCCC(C)C)NC1CN(C(C)C)CC1C.I. The summed E-state index contributed by atoms with van der Waals surface area (Å²) < 4.78 is 5.64. The minimum atomic E-state index is 0. The number of nitrogens with one attached hydrogen (secondary N) is 2. The second-order valence-corrected chi connectivity index (χ2v) is 7.33. The Bertz CT molecular complexity index is 350. The molecule has 0 bridgehead atoms. The predicted octanol–water partition coefficient (Wildman–Crippen LogP) is 2.95. The van der Waals surface area contributed by atoms with Crippen molar-refractivity contribution >= 4 is 29.9 Å². The van der Waals surface area contributed by atoms with Crippen LogP contribution in [-0.4, -0.2) is 62.3 Å². The lowest BCUT2D eigenvalue weighted by Crippen LogP contribution is -2.47. The molecule has 2 unspecified atom stereocenters. The zero-order chi connectivity index (χ0) is 17.2. The van der Waals surface area contributed by atoms with E-state index >= 15 is 0 Å². The van der Waals surface area contributed by atoms with Gasteiger partial charge in [0.25, 0.3) is 0 Å². The summed E-state index contributed by atoms with van der Waals surface area (Å²) in [6.45, 7) is 18.8. The Morgan fingerprint density at radius 1 is 1.21 bits per heavy atom. The lowest BCUT2D eigenvalue weighted by atomic mass is 10.1. The molecule has 1 aliphatic heterocycles. The fourth-order valence-electron chi connectivity index (χ4n) is 2.75. The molecule has 0 spiro atoms. The molecule has 6 heteroatoms. The minimum Gasteiger partial charge on any atom is -0.380 e. The maximum absolute atomic E-state index is 5.64. The number of hydrogen-bond donors (Lipinski definition) is 2. The molecule has 0 amide bonds. The number of aliphatic imine (C=N–C) groups is 1. The summed E-state index contributed by atoms with van der Waals surface area (Å²) in [5.41, 5.74) is 0. The van der Waals surface area contributed by atoms with E-state index in [1.807, 2.05) is 0 Å². The Kier molecular flexibility index (Phi) is 13.1. The third kappa shape index (κ3) is 9.42. The van der Waals surface area contributed by atoms with Crippen molar-refractivity contribution in [1.82, 2.24) is 15.5 Å². The van der Waals surface area contributed by atoms with Crippen LogP contribution in [0.2, 0.25) is 0 Å². The van der Waals surface area contributed by atoms with Crippen LogP contribution in [-0.2, 0) is 4.74 Å². The molecule has 1 saturated heterocycles. The van der Waals surface area contributed by atoms with Crippen LogP contribution in [0, 0.1) is 11.8 Å². The van der Waals surface area contributed by atoms with Gasteiger partial charge in [0, 0.05) is 38.3 Å². The van der Waals surface area contributed by atoms with Crippen molar-refractivity contribution in [3.8, 4) is 0 Å². The summed E-state index contributed by atoms with van der Waals surface area (Å²) in [5, 5.41) is 6.95. The molecule has 0 radical (unpaired) electrons. The van der Waals surface area contributed by atoms with Gasteiger partial charge >= 0.3 is 0 Å². The number of rotatable bonds is 9. The highest BCUT2D eigenvalue weighted by Crippen LogP contribution is 2.18. The Morgan fingerprint density at radius 3 is 2.46 bits per heavy atom. The Labute approximate surface area is 166 Å². The summed E-state index contributed by atoms with van der Waals surface area (Å²) in [6.07, 6.45) is 1.12. The van der Waals surface area contributed by atoms with Crippen LogP contribution in [0.4, 0.5) is 0 Å². The topological polar surface area (TPSA) is 48.9 Å². The van der Waals surface area contributed by atoms with E-state index < -0.39 is 0 Å². The van der Waals surface area contributed by atoms with Crippen molar-refractivity contribution in [3.05, 3.63) is 0 Å². The van der Waals surface area contributed by atoms with Crippen molar-refractivity contribution in [2.45, 2.75) is 60.0 Å². The number of guanidine groups is 1. The molecular formula is C18H39IN4O. The maximum atomic E-state index is 5.64. The van der Waals surface area contributed by atoms with E-state index in [-0.39, 0.29) is 24.0 Å². The molecular weight excluding hydrogens is 415 g/mol. The van der Waals surface area contributed by atoms with E-state index in [2.05, 4.69) is 62.1 Å². The van der Waals surface area contributed by atoms with Crippen molar-refractivity contribution < 1.29 is 4.74 Å². The quantitative estimate of drug-likeness (QED) is 0.244. The first-order chi connectivity index (χ1) is 10.9. The zero-order valence-electron chi connectivity index (χ0n) is 16.5. The van der Waals surface area contributed by atoms with E-state index in [0.29, 0.717) is 37.1 Å². The number of nitrogens with zero attached hydrogens (tertiary/aromatic N) is 2. The molecule has 5 nitrogen and oxygen atoms in total. The second-order valence-electron chi connectivity index (χ2n) is 7.33. The van der Waals surface area contributed by atoms with Gasteiger partial charge in [-0.15, -0.1) is 24.0 Å². The molecule has 2 atom stereocenters. The molecule has 0 aromatic heterocycles. The normalized spacial score (nSPS) is 22.1. The molecule has 0 aromatic carbocycles. The second kappa shape index (κ2) is 13.2. The van der Waals surface area contributed by atoms with Gasteiger partial charge in [0.05, 0.1) is 13.2 Å². The smallest absolute Gasteiger partial charge is 0.191 e. The summed E-state index contributed by atoms with van der Waals surface area (Å²) in [6, 6.07) is 1.08. The Balaban J connectivity index is 0.00000529. The van der Waals surface area contributed by atoms with Gasteiger partial charge in [0.1, 0.15) is 0 Å². The third-order valence-electron chi connectivity index (χ3n) is 4.38. The van der Waals surface area contributed by atoms with Crippen LogP contribution in [0.15, 0.2) is 4.99 Å². The van der Waals surface area contributed by atoms with Gasteiger partial charge in [-0.1, -0.05) is 20.8 Å². The number of ether oxygens (including phenoxy) is 1. The monoisotopic (exact) mass is 454 g/mol. The van der Waals surface area contributed by atoms with Gasteiger partial charge in [-0.25, -0.2) is 0 Å². The summed E-state index contributed by atoms with van der Waals surface area (Å²) in [5.74, 6) is 2.26. The van der Waals surface area contributed by atoms with Crippen LogP contribution in [0.1, 0.15) is 48.0 Å². The van der Waals surface area contributed by atoms with Crippen molar-refractivity contribution in [2.24, 2.45) is 16.8 Å². The first-order valence-electron chi connectivity index (χ1n) is 9.30. The van der Waals surface area contributed by atoms with E-state index in [1.165, 1.54) is 0 Å². The summed E-state index contributed by atoms with van der Waals surface area (Å²) >= 11 is 0.